The molecular formula is C18H31N3O. The van der Waals surface area contributed by atoms with Gasteiger partial charge in [0.25, 0.3) is 0 Å². The van der Waals surface area contributed by atoms with Crippen LogP contribution in [0, 0.1) is 23.2 Å². The average Bonchev–Trinajstić information content (AvgIpc) is 2.46. The smallest absolute Gasteiger partial charge is 0.236 e. The molecule has 5 rings (SSSR count). The molecule has 4 nitrogen and oxygen atoms in total. The first kappa shape index (κ1) is 14.9. The molecule has 0 radical (unpaired) electrons. The predicted molar refractivity (Wildman–Crippen MR) is 87.6 cm³/mol. The van der Waals surface area contributed by atoms with Crippen molar-refractivity contribution in [1.29, 1.82) is 0 Å². The molecule has 1 amide bonds. The summed E-state index contributed by atoms with van der Waals surface area (Å²) in [6.45, 7) is 5.69. The molecule has 22 heavy (non-hydrogen) atoms. The van der Waals surface area contributed by atoms with Crippen LogP contribution in [0.5, 0.6) is 0 Å². The van der Waals surface area contributed by atoms with Gasteiger partial charge in [0.05, 0.1) is 6.54 Å². The van der Waals surface area contributed by atoms with Gasteiger partial charge < -0.3 is 10.2 Å². The first-order valence-corrected chi connectivity index (χ1v) is 9.29. The third-order valence-electron chi connectivity index (χ3n) is 6.73. The fourth-order valence-electron chi connectivity index (χ4n) is 6.26. The van der Waals surface area contributed by atoms with Gasteiger partial charge in [0.2, 0.25) is 5.91 Å². The van der Waals surface area contributed by atoms with Crippen molar-refractivity contribution >= 4 is 5.91 Å². The van der Waals surface area contributed by atoms with Crippen LogP contribution in [0.15, 0.2) is 0 Å². The van der Waals surface area contributed by atoms with Crippen molar-refractivity contribution in [2.24, 2.45) is 23.2 Å². The van der Waals surface area contributed by atoms with Crippen LogP contribution in [-0.4, -0.2) is 62.0 Å². The number of carbonyl (C=O) groups is 1. The summed E-state index contributed by atoms with van der Waals surface area (Å²) in [7, 11) is 2.04. The summed E-state index contributed by atoms with van der Waals surface area (Å²) < 4.78 is 0. The summed E-state index contributed by atoms with van der Waals surface area (Å²) in [6, 6.07) is 0. The molecule has 0 atom stereocenters. The average molecular weight is 305 g/mol. The van der Waals surface area contributed by atoms with Gasteiger partial charge in [-0.05, 0) is 61.7 Å². The number of hydrogen-bond donors (Lipinski definition) is 1. The van der Waals surface area contributed by atoms with Crippen molar-refractivity contribution in [3.63, 3.8) is 0 Å². The molecule has 1 aliphatic heterocycles. The highest BCUT2D eigenvalue weighted by Gasteiger charge is 2.51. The number of carbonyl (C=O) groups excluding carboxylic acids is 1. The second kappa shape index (κ2) is 5.79. The molecule has 0 spiro atoms. The van der Waals surface area contributed by atoms with Crippen molar-refractivity contribution < 1.29 is 4.79 Å². The molecule has 0 aromatic heterocycles. The van der Waals surface area contributed by atoms with Gasteiger partial charge >= 0.3 is 0 Å². The molecule has 4 saturated carbocycles. The van der Waals surface area contributed by atoms with Crippen molar-refractivity contribution in [3.8, 4) is 0 Å². The van der Waals surface area contributed by atoms with E-state index in [9.17, 15) is 4.79 Å². The zero-order chi connectivity index (χ0) is 15.2. The number of hydrogen-bond acceptors (Lipinski definition) is 3. The molecule has 1 saturated heterocycles. The maximum atomic E-state index is 12.6. The summed E-state index contributed by atoms with van der Waals surface area (Å²) >= 11 is 0. The van der Waals surface area contributed by atoms with Crippen LogP contribution in [-0.2, 0) is 4.79 Å². The number of amides is 1. The first-order valence-electron chi connectivity index (χ1n) is 9.29. The molecule has 124 valence electrons. The molecule has 5 aliphatic rings. The summed E-state index contributed by atoms with van der Waals surface area (Å²) in [5.74, 6) is 3.26. The Kier molecular flexibility index (Phi) is 3.93. The zero-order valence-electron chi connectivity index (χ0n) is 14.0. The quantitative estimate of drug-likeness (QED) is 0.856. The lowest BCUT2D eigenvalue weighted by molar-refractivity contribution is -0.136. The van der Waals surface area contributed by atoms with Crippen LogP contribution in [0.2, 0.25) is 0 Å². The van der Waals surface area contributed by atoms with Crippen LogP contribution in [0.1, 0.15) is 38.5 Å². The monoisotopic (exact) mass is 305 g/mol. The van der Waals surface area contributed by atoms with Crippen molar-refractivity contribution in [2.75, 3.05) is 46.3 Å². The van der Waals surface area contributed by atoms with Gasteiger partial charge in [0, 0.05) is 39.8 Å². The Morgan fingerprint density at radius 1 is 1.09 bits per heavy atom. The van der Waals surface area contributed by atoms with E-state index in [1.54, 1.807) is 0 Å². The molecular weight excluding hydrogens is 274 g/mol. The van der Waals surface area contributed by atoms with Crippen molar-refractivity contribution in [2.45, 2.75) is 38.5 Å². The molecule has 0 aromatic rings. The highest BCUT2D eigenvalue weighted by molar-refractivity contribution is 5.78. The number of piperazine rings is 1. The topological polar surface area (TPSA) is 35.6 Å². The molecule has 1 heterocycles. The van der Waals surface area contributed by atoms with E-state index in [-0.39, 0.29) is 0 Å². The van der Waals surface area contributed by atoms with Gasteiger partial charge in [-0.2, -0.15) is 0 Å². The van der Waals surface area contributed by atoms with Gasteiger partial charge in [0.1, 0.15) is 0 Å². The Labute approximate surface area is 134 Å². The van der Waals surface area contributed by atoms with Gasteiger partial charge in [-0.15, -0.1) is 0 Å². The number of nitrogens with one attached hydrogen (secondary N) is 1. The van der Waals surface area contributed by atoms with Crippen LogP contribution in [0.4, 0.5) is 0 Å². The van der Waals surface area contributed by atoms with E-state index in [1.165, 1.54) is 38.5 Å². The number of rotatable bonds is 4. The lowest BCUT2D eigenvalue weighted by Crippen LogP contribution is -2.53. The normalized spacial score (nSPS) is 40.9. The zero-order valence-corrected chi connectivity index (χ0v) is 14.0. The molecule has 1 N–H and O–H groups in total. The predicted octanol–water partition coefficient (Wildman–Crippen LogP) is 1.57. The fourth-order valence-corrected chi connectivity index (χ4v) is 6.26. The molecule has 4 heteroatoms. The molecule has 4 aliphatic carbocycles. The lowest BCUT2D eigenvalue weighted by Gasteiger charge is -2.57. The van der Waals surface area contributed by atoms with Gasteiger partial charge in [-0.3, -0.25) is 9.69 Å². The van der Waals surface area contributed by atoms with Crippen LogP contribution >= 0.6 is 0 Å². The Hall–Kier alpha value is -0.610. The molecule has 0 aromatic carbocycles. The van der Waals surface area contributed by atoms with Crippen molar-refractivity contribution in [3.05, 3.63) is 0 Å². The Bertz CT molecular complexity index is 395. The second-order valence-electron chi connectivity index (χ2n) is 8.69. The Morgan fingerprint density at radius 3 is 2.18 bits per heavy atom. The summed E-state index contributed by atoms with van der Waals surface area (Å²) in [6.07, 6.45) is 8.63. The minimum Gasteiger partial charge on any atom is -0.344 e. The van der Waals surface area contributed by atoms with E-state index in [0.29, 0.717) is 17.9 Å². The van der Waals surface area contributed by atoms with Crippen LogP contribution in [0.25, 0.3) is 0 Å². The standard InChI is InChI=1S/C18H31N3O/c1-20(17(22)12-21-4-2-19-3-5-21)13-18-9-14-6-15(10-18)8-16(7-14)11-18/h14-16,19H,2-13H2,1H3. The summed E-state index contributed by atoms with van der Waals surface area (Å²) in [5, 5.41) is 3.35. The molecule has 0 unspecified atom stereocenters. The number of likely N-dealkylation sites (N-methyl/N-ethyl adjacent to an activating group) is 1. The second-order valence-corrected chi connectivity index (χ2v) is 8.69. The third-order valence-corrected chi connectivity index (χ3v) is 6.73. The Morgan fingerprint density at radius 2 is 1.64 bits per heavy atom. The summed E-state index contributed by atoms with van der Waals surface area (Å²) in [5.41, 5.74) is 0.475. The van der Waals surface area contributed by atoms with Gasteiger partial charge in [-0.1, -0.05) is 0 Å². The fraction of sp³-hybridized carbons (Fsp3) is 0.944. The van der Waals surface area contributed by atoms with E-state index in [0.717, 1.165) is 50.5 Å². The number of nitrogens with zero attached hydrogens (tertiary/aromatic N) is 2. The van der Waals surface area contributed by atoms with E-state index in [4.69, 9.17) is 0 Å². The highest BCUT2D eigenvalue weighted by atomic mass is 16.2. The minimum absolute atomic E-state index is 0.331. The lowest BCUT2D eigenvalue weighted by atomic mass is 9.49. The van der Waals surface area contributed by atoms with E-state index < -0.39 is 0 Å². The highest BCUT2D eigenvalue weighted by Crippen LogP contribution is 2.60. The Balaban J connectivity index is 1.35. The van der Waals surface area contributed by atoms with Gasteiger partial charge in [-0.25, -0.2) is 0 Å². The van der Waals surface area contributed by atoms with E-state index >= 15 is 0 Å². The largest absolute Gasteiger partial charge is 0.344 e. The maximum absolute atomic E-state index is 12.6. The first-order chi connectivity index (χ1) is 10.6. The van der Waals surface area contributed by atoms with Crippen LogP contribution < -0.4 is 5.32 Å². The molecule has 5 fully saturated rings. The summed E-state index contributed by atoms with van der Waals surface area (Å²) in [4.78, 5) is 17.0. The van der Waals surface area contributed by atoms with Crippen molar-refractivity contribution in [1.82, 2.24) is 15.1 Å². The van der Waals surface area contributed by atoms with Gasteiger partial charge in [0.15, 0.2) is 0 Å². The van der Waals surface area contributed by atoms with Crippen LogP contribution in [0.3, 0.4) is 0 Å². The van der Waals surface area contributed by atoms with E-state index in [2.05, 4.69) is 15.1 Å². The van der Waals surface area contributed by atoms with E-state index in [1.807, 2.05) is 7.05 Å². The molecule has 4 bridgehead atoms. The minimum atomic E-state index is 0.331. The third kappa shape index (κ3) is 2.92. The maximum Gasteiger partial charge on any atom is 0.236 e. The SMILES string of the molecule is CN(CC12CC3CC(CC(C3)C1)C2)C(=O)CN1CCNCC1.